The van der Waals surface area contributed by atoms with Crippen LogP contribution in [0.4, 0.5) is 17.1 Å². The first-order valence-electron chi connectivity index (χ1n) is 8.78. The Bertz CT molecular complexity index is 1370. The average molecular weight is 471 g/mol. The number of hydrazine groups is 1. The number of aromatic nitrogens is 2. The quantitative estimate of drug-likeness (QED) is 0.109. The van der Waals surface area contributed by atoms with E-state index in [2.05, 4.69) is 31.2 Å². The molecule has 33 heavy (non-hydrogen) atoms. The van der Waals surface area contributed by atoms with Gasteiger partial charge in [-0.15, -0.1) is 0 Å². The zero-order valence-corrected chi connectivity index (χ0v) is 17.1. The molecule has 6 N–H and O–H groups in total. The molecule has 0 fully saturated rings. The third-order valence-electron chi connectivity index (χ3n) is 4.06. The van der Waals surface area contributed by atoms with Gasteiger partial charge in [0.1, 0.15) is 0 Å². The Hall–Kier alpha value is -4.83. The number of nitrogens with zero attached hydrogens (tertiary/aromatic N) is 4. The molecule has 0 spiro atoms. The molecule has 0 aliphatic rings. The number of amides is 1. The van der Waals surface area contributed by atoms with Crippen LogP contribution in [-0.4, -0.2) is 36.5 Å². The van der Waals surface area contributed by atoms with Crippen LogP contribution >= 0.6 is 12.2 Å². The molecule has 1 aromatic heterocycles. The number of hydrazone groups is 1. The fourth-order valence-electron chi connectivity index (χ4n) is 2.56. The molecule has 0 bridgehead atoms. The van der Waals surface area contributed by atoms with Crippen LogP contribution in [0.3, 0.4) is 0 Å². The van der Waals surface area contributed by atoms with Gasteiger partial charge in [0, 0.05) is 30.0 Å². The Balaban J connectivity index is 2.02. The molecule has 2 aromatic carbocycles. The molecule has 0 atom stereocenters. The van der Waals surface area contributed by atoms with Crippen LogP contribution in [-0.2, 0) is 4.79 Å². The summed E-state index contributed by atoms with van der Waals surface area (Å²) < 4.78 is 0. The fraction of sp³-hybridized carbons (Fsp3) is 0. The van der Waals surface area contributed by atoms with E-state index in [1.165, 1.54) is 36.4 Å². The largest absolute Gasteiger partial charge is 0.321 e. The summed E-state index contributed by atoms with van der Waals surface area (Å²) in [7, 11) is 0. The van der Waals surface area contributed by atoms with E-state index in [0.717, 1.165) is 6.07 Å². The number of rotatable bonds is 6. The topological polar surface area (TPSA) is 224 Å². The van der Waals surface area contributed by atoms with Gasteiger partial charge in [-0.3, -0.25) is 40.7 Å². The highest BCUT2D eigenvalue weighted by Gasteiger charge is 2.22. The highest BCUT2D eigenvalue weighted by atomic mass is 32.1. The number of nitro benzene ring substituents is 2. The Morgan fingerprint density at radius 3 is 2.33 bits per heavy atom. The normalized spacial score (nSPS) is 11.0. The lowest BCUT2D eigenvalue weighted by Gasteiger charge is -2.09. The minimum absolute atomic E-state index is 0.0696. The first-order chi connectivity index (χ1) is 15.7. The molecule has 0 aliphatic carbocycles. The molecule has 1 heterocycles. The number of carbonyl (C=O) groups is 1. The SMILES string of the molecule is NNC(=S)N/N=C(\C(=O)Nc1ccc([N+](=O)[O-])cc1)c1nc2ccc([N+](=O)[O-])cc2[nH]c1=O. The van der Waals surface area contributed by atoms with Gasteiger partial charge in [-0.25, -0.2) is 10.8 Å². The van der Waals surface area contributed by atoms with Crippen molar-refractivity contribution in [1.82, 2.24) is 20.8 Å². The third kappa shape index (κ3) is 5.27. The summed E-state index contributed by atoms with van der Waals surface area (Å²) in [5, 5.41) is 27.8. The number of benzene rings is 2. The number of aromatic amines is 1. The Morgan fingerprint density at radius 1 is 1.09 bits per heavy atom. The number of fused-ring (bicyclic) bond motifs is 1. The molecular formula is C17H13N9O6S. The van der Waals surface area contributed by atoms with Crippen molar-refractivity contribution in [2.45, 2.75) is 0 Å². The van der Waals surface area contributed by atoms with Crippen LogP contribution in [0, 0.1) is 20.2 Å². The second kappa shape index (κ2) is 9.54. The van der Waals surface area contributed by atoms with Crippen molar-refractivity contribution in [3.05, 3.63) is 78.7 Å². The molecule has 0 saturated carbocycles. The van der Waals surface area contributed by atoms with E-state index in [0.29, 0.717) is 0 Å². The molecule has 0 saturated heterocycles. The van der Waals surface area contributed by atoms with Gasteiger partial charge in [-0.05, 0) is 30.4 Å². The standard InChI is InChI=1S/C17H13N9O6S/c18-22-17(33)24-23-14(16(28)19-8-1-3-9(4-2-8)25(29)30)13-15(27)21-12-7-10(26(31)32)5-6-11(12)20-13/h1-7H,18H2,(H,19,28)(H,21,27)(H2,22,24,33)/b23-14-. The summed E-state index contributed by atoms with van der Waals surface area (Å²) >= 11 is 4.81. The molecule has 0 radical (unpaired) electrons. The maximum atomic E-state index is 12.9. The lowest BCUT2D eigenvalue weighted by atomic mass is 10.2. The van der Waals surface area contributed by atoms with E-state index >= 15 is 0 Å². The highest BCUT2D eigenvalue weighted by molar-refractivity contribution is 7.80. The molecule has 3 aromatic rings. The summed E-state index contributed by atoms with van der Waals surface area (Å²) in [6.07, 6.45) is 0. The Morgan fingerprint density at radius 2 is 1.73 bits per heavy atom. The molecular weight excluding hydrogens is 458 g/mol. The average Bonchev–Trinajstić information content (AvgIpc) is 2.79. The zero-order valence-electron chi connectivity index (χ0n) is 16.3. The number of H-pyrrole nitrogens is 1. The van der Waals surface area contributed by atoms with Gasteiger partial charge >= 0.3 is 0 Å². The zero-order chi connectivity index (χ0) is 24.1. The molecule has 16 heteroatoms. The number of thiocarbonyl (C=S) groups is 1. The minimum Gasteiger partial charge on any atom is -0.321 e. The van der Waals surface area contributed by atoms with Gasteiger partial charge in [0.25, 0.3) is 22.8 Å². The number of carbonyl (C=O) groups excluding carboxylic acids is 1. The summed E-state index contributed by atoms with van der Waals surface area (Å²) in [4.78, 5) is 52.5. The number of nitro groups is 2. The number of hydrogen-bond donors (Lipinski definition) is 5. The lowest BCUT2D eigenvalue weighted by Crippen LogP contribution is -2.39. The van der Waals surface area contributed by atoms with E-state index in [9.17, 15) is 29.8 Å². The van der Waals surface area contributed by atoms with Crippen LogP contribution in [0.15, 0.2) is 52.4 Å². The maximum absolute atomic E-state index is 12.9. The Kier molecular flexibility index (Phi) is 6.60. The van der Waals surface area contributed by atoms with Gasteiger partial charge in [0.2, 0.25) is 5.11 Å². The van der Waals surface area contributed by atoms with Crippen molar-refractivity contribution in [2.75, 3.05) is 5.32 Å². The Labute approximate surface area is 188 Å². The predicted octanol–water partition coefficient (Wildman–Crippen LogP) is 0.420. The number of nitrogens with one attached hydrogen (secondary N) is 4. The van der Waals surface area contributed by atoms with Crippen LogP contribution in [0.2, 0.25) is 0 Å². The molecule has 0 aliphatic heterocycles. The van der Waals surface area contributed by atoms with Crippen LogP contribution in [0.5, 0.6) is 0 Å². The van der Waals surface area contributed by atoms with Gasteiger partial charge in [-0.2, -0.15) is 5.10 Å². The van der Waals surface area contributed by atoms with E-state index in [-0.39, 0.29) is 33.2 Å². The molecule has 15 nitrogen and oxygen atoms in total. The first-order valence-corrected chi connectivity index (χ1v) is 9.19. The summed E-state index contributed by atoms with van der Waals surface area (Å²) in [6, 6.07) is 8.50. The van der Waals surface area contributed by atoms with Crippen molar-refractivity contribution in [1.29, 1.82) is 0 Å². The van der Waals surface area contributed by atoms with E-state index in [1.54, 1.807) is 0 Å². The summed E-state index contributed by atoms with van der Waals surface area (Å²) in [5.41, 5.74) is 2.49. The van der Waals surface area contributed by atoms with E-state index in [1.807, 2.05) is 0 Å². The third-order valence-corrected chi connectivity index (χ3v) is 4.27. The molecule has 1 amide bonds. The summed E-state index contributed by atoms with van der Waals surface area (Å²) in [5.74, 6) is 4.25. The van der Waals surface area contributed by atoms with Gasteiger partial charge in [0.05, 0.1) is 20.9 Å². The monoisotopic (exact) mass is 471 g/mol. The van der Waals surface area contributed by atoms with Gasteiger partial charge in [0.15, 0.2) is 11.4 Å². The predicted molar refractivity (Wildman–Crippen MR) is 120 cm³/mol. The summed E-state index contributed by atoms with van der Waals surface area (Å²) in [6.45, 7) is 0. The molecule has 0 unspecified atom stereocenters. The van der Waals surface area contributed by atoms with Gasteiger partial charge in [-0.1, -0.05) is 0 Å². The minimum atomic E-state index is -0.907. The number of anilines is 1. The number of nitrogens with two attached hydrogens (primary N) is 1. The molecule has 3 rings (SSSR count). The van der Waals surface area contributed by atoms with Crippen LogP contribution in [0.25, 0.3) is 11.0 Å². The van der Waals surface area contributed by atoms with Crippen molar-refractivity contribution >= 4 is 57.0 Å². The van der Waals surface area contributed by atoms with E-state index in [4.69, 9.17) is 18.1 Å². The lowest BCUT2D eigenvalue weighted by molar-refractivity contribution is -0.385. The maximum Gasteiger partial charge on any atom is 0.278 e. The van der Waals surface area contributed by atoms with Gasteiger partial charge < -0.3 is 10.3 Å². The number of hydrogen-bond acceptors (Lipinski definition) is 10. The smallest absolute Gasteiger partial charge is 0.278 e. The van der Waals surface area contributed by atoms with Crippen molar-refractivity contribution in [2.24, 2.45) is 10.9 Å². The highest BCUT2D eigenvalue weighted by Crippen LogP contribution is 2.18. The van der Waals surface area contributed by atoms with Crippen LogP contribution in [0.1, 0.15) is 5.69 Å². The molecule has 168 valence electrons. The fourth-order valence-corrected chi connectivity index (χ4v) is 2.60. The second-order valence-electron chi connectivity index (χ2n) is 6.18. The second-order valence-corrected chi connectivity index (χ2v) is 6.59. The first kappa shape index (κ1) is 22.8. The number of non-ortho nitro benzene ring substituents is 2. The van der Waals surface area contributed by atoms with Crippen molar-refractivity contribution in [3.63, 3.8) is 0 Å². The van der Waals surface area contributed by atoms with Crippen molar-refractivity contribution in [3.8, 4) is 0 Å². The van der Waals surface area contributed by atoms with Crippen LogP contribution < -0.4 is 27.6 Å². The van der Waals surface area contributed by atoms with Crippen molar-refractivity contribution < 1.29 is 14.6 Å². The van der Waals surface area contributed by atoms with E-state index < -0.39 is 32.7 Å².